The molecule has 7 nitrogen and oxygen atoms in total. The second-order valence-electron chi connectivity index (χ2n) is 9.33. The number of oxime groups is 1. The van der Waals surface area contributed by atoms with Crippen LogP contribution in [-0.2, 0) is 11.4 Å². The van der Waals surface area contributed by atoms with Gasteiger partial charge in [0.15, 0.2) is 6.10 Å². The van der Waals surface area contributed by atoms with Crippen molar-refractivity contribution in [3.8, 4) is 11.5 Å². The number of hydrogen-bond acceptors (Lipinski definition) is 7. The first-order valence-corrected chi connectivity index (χ1v) is 12.0. The zero-order valence-corrected chi connectivity index (χ0v) is 19.9. The van der Waals surface area contributed by atoms with E-state index in [0.717, 1.165) is 56.3 Å². The van der Waals surface area contributed by atoms with Gasteiger partial charge in [0.1, 0.15) is 23.8 Å². The summed E-state index contributed by atoms with van der Waals surface area (Å²) in [6.07, 6.45) is 2.26. The van der Waals surface area contributed by atoms with Gasteiger partial charge in [0.05, 0.1) is 19.6 Å². The Morgan fingerprint density at radius 3 is 2.65 bits per heavy atom. The topological polar surface area (TPSA) is 66.8 Å². The molecule has 0 bridgehead atoms. The molecule has 0 spiro atoms. The Hall–Kier alpha value is -2.87. The van der Waals surface area contributed by atoms with Crippen molar-refractivity contribution in [1.82, 2.24) is 9.80 Å². The molecular formula is C27H33N3O4. The largest absolute Gasteiger partial charge is 0.496 e. The zero-order chi connectivity index (χ0) is 23.5. The Kier molecular flexibility index (Phi) is 6.85. The predicted molar refractivity (Wildman–Crippen MR) is 132 cm³/mol. The summed E-state index contributed by atoms with van der Waals surface area (Å²) in [7, 11) is 1.61. The molecule has 3 heterocycles. The number of nitrogens with zero attached hydrogens (tertiary/aromatic N) is 3. The molecule has 0 radical (unpaired) electrons. The second-order valence-corrected chi connectivity index (χ2v) is 9.33. The Labute approximate surface area is 201 Å². The van der Waals surface area contributed by atoms with E-state index < -0.39 is 0 Å². The predicted octanol–water partition coefficient (Wildman–Crippen LogP) is 3.02. The van der Waals surface area contributed by atoms with Crippen LogP contribution in [-0.4, -0.2) is 79.7 Å². The van der Waals surface area contributed by atoms with Crippen LogP contribution in [0.5, 0.6) is 11.5 Å². The zero-order valence-electron chi connectivity index (χ0n) is 19.9. The third kappa shape index (κ3) is 4.82. The van der Waals surface area contributed by atoms with Crippen LogP contribution in [0.25, 0.3) is 6.08 Å². The molecule has 5 rings (SSSR count). The first kappa shape index (κ1) is 22.9. The van der Waals surface area contributed by atoms with Gasteiger partial charge in [-0.3, -0.25) is 9.80 Å². The van der Waals surface area contributed by atoms with Crippen LogP contribution in [0, 0.1) is 5.92 Å². The van der Waals surface area contributed by atoms with Gasteiger partial charge in [0, 0.05) is 50.4 Å². The summed E-state index contributed by atoms with van der Waals surface area (Å²) < 4.78 is 11.5. The van der Waals surface area contributed by atoms with Crippen LogP contribution in [0.4, 0.5) is 0 Å². The maximum absolute atomic E-state index is 9.59. The summed E-state index contributed by atoms with van der Waals surface area (Å²) in [6, 6.07) is 14.3. The van der Waals surface area contributed by atoms with Crippen molar-refractivity contribution >= 4 is 11.8 Å². The van der Waals surface area contributed by atoms with Crippen molar-refractivity contribution in [3.63, 3.8) is 0 Å². The van der Waals surface area contributed by atoms with Crippen molar-refractivity contribution in [3.05, 3.63) is 64.7 Å². The Morgan fingerprint density at radius 2 is 1.91 bits per heavy atom. The fourth-order valence-electron chi connectivity index (χ4n) is 5.07. The number of aliphatic hydroxyl groups excluding tert-OH is 1. The molecule has 0 aromatic heterocycles. The monoisotopic (exact) mass is 463 g/mol. The van der Waals surface area contributed by atoms with E-state index in [4.69, 9.17) is 14.3 Å². The van der Waals surface area contributed by atoms with Crippen molar-refractivity contribution in [2.75, 3.05) is 53.0 Å². The minimum Gasteiger partial charge on any atom is -0.496 e. The summed E-state index contributed by atoms with van der Waals surface area (Å²) in [5.74, 6) is 1.48. The molecule has 1 fully saturated rings. The van der Waals surface area contributed by atoms with Gasteiger partial charge >= 0.3 is 0 Å². The Morgan fingerprint density at radius 1 is 1.15 bits per heavy atom. The lowest BCUT2D eigenvalue weighted by Gasteiger charge is -2.36. The van der Waals surface area contributed by atoms with E-state index in [-0.39, 0.29) is 18.6 Å². The maximum Gasteiger partial charge on any atom is 0.151 e. The number of hydrogen-bond donors (Lipinski definition) is 1. The van der Waals surface area contributed by atoms with Gasteiger partial charge in [-0.1, -0.05) is 47.1 Å². The fraction of sp³-hybridized carbons (Fsp3) is 0.444. The summed E-state index contributed by atoms with van der Waals surface area (Å²) in [4.78, 5) is 10.9. The number of ether oxygens (including phenoxy) is 2. The van der Waals surface area contributed by atoms with Crippen LogP contribution >= 0.6 is 0 Å². The van der Waals surface area contributed by atoms with Crippen LogP contribution in [0.3, 0.4) is 0 Å². The lowest BCUT2D eigenvalue weighted by molar-refractivity contribution is 0.0101. The number of fused-ring (bicyclic) bond motifs is 3. The number of benzene rings is 2. The number of piperazine rings is 1. The van der Waals surface area contributed by atoms with Crippen LogP contribution < -0.4 is 9.47 Å². The number of aliphatic hydroxyl groups is 1. The minimum atomic E-state index is -0.0948. The van der Waals surface area contributed by atoms with E-state index in [0.29, 0.717) is 17.9 Å². The van der Waals surface area contributed by atoms with Gasteiger partial charge in [-0.15, -0.1) is 0 Å². The lowest BCUT2D eigenvalue weighted by Crippen LogP contribution is -2.50. The summed E-state index contributed by atoms with van der Waals surface area (Å²) in [5.41, 5.74) is 5.18. The minimum absolute atomic E-state index is 0.0158. The highest BCUT2D eigenvalue weighted by atomic mass is 16.6. The first-order valence-electron chi connectivity index (χ1n) is 12.0. The Bertz CT molecular complexity index is 1060. The molecule has 180 valence electrons. The van der Waals surface area contributed by atoms with Crippen LogP contribution in [0.1, 0.15) is 23.6 Å². The molecule has 1 N–H and O–H groups in total. The fourth-order valence-corrected chi connectivity index (χ4v) is 5.07. The smallest absolute Gasteiger partial charge is 0.151 e. The van der Waals surface area contributed by atoms with E-state index in [1.807, 2.05) is 12.1 Å². The molecule has 2 aromatic carbocycles. The molecule has 2 atom stereocenters. The highest BCUT2D eigenvalue weighted by Gasteiger charge is 2.41. The highest BCUT2D eigenvalue weighted by Crippen LogP contribution is 2.38. The molecule has 2 aromatic rings. The summed E-state index contributed by atoms with van der Waals surface area (Å²) >= 11 is 0. The second kappa shape index (κ2) is 10.2. The molecule has 7 heteroatoms. The van der Waals surface area contributed by atoms with Crippen molar-refractivity contribution < 1.29 is 19.4 Å². The van der Waals surface area contributed by atoms with E-state index in [1.54, 1.807) is 7.11 Å². The van der Waals surface area contributed by atoms with Crippen LogP contribution in [0.2, 0.25) is 0 Å². The molecule has 3 aliphatic heterocycles. The SMILES string of the molecule is COc1cc2c(cc1CO)OCC1C2=NOC1CN1CCN(CC(C)=Cc2ccccc2)CC1. The standard InChI is InChI=1S/C27H33N3O4/c1-19(12-20-6-4-3-5-7-20)15-29-8-10-30(11-9-29)16-26-23-18-33-25-13-21(17-31)24(32-2)14-22(25)27(23)28-34-26/h3-7,12-14,23,26,31H,8-11,15-18H2,1-2H3. The highest BCUT2D eigenvalue weighted by molar-refractivity contribution is 6.06. The Balaban J connectivity index is 1.15. The number of methoxy groups -OCH3 is 1. The first-order chi connectivity index (χ1) is 16.6. The summed E-state index contributed by atoms with van der Waals surface area (Å²) in [6.45, 7) is 8.63. The van der Waals surface area contributed by atoms with Crippen molar-refractivity contribution in [2.45, 2.75) is 19.6 Å². The quantitative estimate of drug-likeness (QED) is 0.681. The molecule has 2 unspecified atom stereocenters. The van der Waals surface area contributed by atoms with E-state index in [2.05, 4.69) is 58.3 Å². The third-order valence-electron chi connectivity index (χ3n) is 6.92. The molecule has 1 saturated heterocycles. The molecule has 3 aliphatic rings. The number of rotatable bonds is 7. The molecule has 0 saturated carbocycles. The van der Waals surface area contributed by atoms with E-state index in [9.17, 15) is 5.11 Å². The van der Waals surface area contributed by atoms with E-state index >= 15 is 0 Å². The summed E-state index contributed by atoms with van der Waals surface area (Å²) in [5, 5.41) is 14.0. The average molecular weight is 464 g/mol. The van der Waals surface area contributed by atoms with Gasteiger partial charge < -0.3 is 19.4 Å². The molecular weight excluding hydrogens is 430 g/mol. The van der Waals surface area contributed by atoms with Gasteiger partial charge in [-0.05, 0) is 24.6 Å². The normalized spacial score (nSPS) is 22.9. The van der Waals surface area contributed by atoms with Gasteiger partial charge in [-0.25, -0.2) is 0 Å². The van der Waals surface area contributed by atoms with E-state index in [1.165, 1.54) is 11.1 Å². The van der Waals surface area contributed by atoms with Gasteiger partial charge in [0.2, 0.25) is 0 Å². The third-order valence-corrected chi connectivity index (χ3v) is 6.92. The van der Waals surface area contributed by atoms with Gasteiger partial charge in [0.25, 0.3) is 0 Å². The maximum atomic E-state index is 9.59. The molecule has 0 amide bonds. The van der Waals surface area contributed by atoms with Crippen LogP contribution in [0.15, 0.2) is 53.2 Å². The average Bonchev–Trinajstić information content (AvgIpc) is 3.28. The molecule has 34 heavy (non-hydrogen) atoms. The van der Waals surface area contributed by atoms with Crippen molar-refractivity contribution in [1.29, 1.82) is 0 Å². The lowest BCUT2D eigenvalue weighted by atomic mass is 9.89. The molecule has 0 aliphatic carbocycles. The van der Waals surface area contributed by atoms with Crippen molar-refractivity contribution in [2.24, 2.45) is 11.1 Å². The van der Waals surface area contributed by atoms with Gasteiger partial charge in [-0.2, -0.15) is 0 Å².